The number of hydrogen-bond acceptors (Lipinski definition) is 6. The first-order chi connectivity index (χ1) is 14.5. The SMILES string of the molecule is CCn1c(N2CCCC2)c(C=C2SC(=S)N(C3CCCC3)C2=O)c(C)c(C#N)c1=O. The van der Waals surface area contributed by atoms with Crippen LogP contribution in [0.5, 0.6) is 0 Å². The molecule has 0 aromatic carbocycles. The third kappa shape index (κ3) is 3.48. The van der Waals surface area contributed by atoms with E-state index < -0.39 is 0 Å². The number of nitriles is 1. The molecule has 0 unspecified atom stereocenters. The van der Waals surface area contributed by atoms with Crippen molar-refractivity contribution in [1.82, 2.24) is 9.47 Å². The minimum atomic E-state index is -0.255. The number of carbonyl (C=O) groups excluding carboxylic acids is 1. The first kappa shape index (κ1) is 21.1. The molecule has 0 bridgehead atoms. The summed E-state index contributed by atoms with van der Waals surface area (Å²) in [5.74, 6) is 0.777. The smallest absolute Gasteiger partial charge is 0.270 e. The second-order valence-electron chi connectivity index (χ2n) is 8.08. The second kappa shape index (κ2) is 8.56. The van der Waals surface area contributed by atoms with E-state index in [2.05, 4.69) is 11.0 Å². The van der Waals surface area contributed by atoms with Crippen LogP contribution in [0, 0.1) is 18.3 Å². The van der Waals surface area contributed by atoms with Crippen molar-refractivity contribution in [1.29, 1.82) is 5.26 Å². The Balaban J connectivity index is 1.86. The highest BCUT2D eigenvalue weighted by Crippen LogP contribution is 2.39. The third-order valence-electron chi connectivity index (χ3n) is 6.36. The standard InChI is InChI=1S/C22H26N4O2S2/c1-3-25-19(24-10-6-7-11-24)16(14(2)17(13-23)20(25)27)12-18-21(28)26(22(29)30-18)15-8-4-5-9-15/h12,15H,3-11H2,1-2H3. The van der Waals surface area contributed by atoms with Gasteiger partial charge in [0.15, 0.2) is 0 Å². The molecule has 1 aromatic heterocycles. The third-order valence-corrected chi connectivity index (χ3v) is 7.69. The van der Waals surface area contributed by atoms with Crippen LogP contribution in [-0.4, -0.2) is 38.8 Å². The summed E-state index contributed by atoms with van der Waals surface area (Å²) in [6, 6.07) is 2.28. The summed E-state index contributed by atoms with van der Waals surface area (Å²) in [4.78, 5) is 30.8. The number of anilines is 1. The average molecular weight is 443 g/mol. The lowest BCUT2D eigenvalue weighted by atomic mass is 10.0. The second-order valence-corrected chi connectivity index (χ2v) is 9.76. The fraction of sp³-hybridized carbons (Fsp3) is 0.545. The molecule has 3 aliphatic rings. The van der Waals surface area contributed by atoms with Gasteiger partial charge in [0.05, 0.1) is 4.91 Å². The largest absolute Gasteiger partial charge is 0.357 e. The van der Waals surface area contributed by atoms with E-state index in [1.165, 1.54) is 11.8 Å². The minimum Gasteiger partial charge on any atom is -0.357 e. The highest BCUT2D eigenvalue weighted by molar-refractivity contribution is 8.26. The van der Waals surface area contributed by atoms with Crippen LogP contribution < -0.4 is 10.5 Å². The highest BCUT2D eigenvalue weighted by atomic mass is 32.2. The number of thioether (sulfide) groups is 1. The molecule has 1 aliphatic carbocycles. The van der Waals surface area contributed by atoms with Gasteiger partial charge in [-0.2, -0.15) is 5.26 Å². The summed E-state index contributed by atoms with van der Waals surface area (Å²) in [6.45, 7) is 5.94. The Bertz CT molecular complexity index is 1030. The maximum atomic E-state index is 13.2. The summed E-state index contributed by atoms with van der Waals surface area (Å²) in [5.41, 5.74) is 1.33. The zero-order valence-corrected chi connectivity index (χ0v) is 19.1. The molecule has 1 aromatic rings. The van der Waals surface area contributed by atoms with Crippen molar-refractivity contribution in [3.05, 3.63) is 31.9 Å². The summed E-state index contributed by atoms with van der Waals surface area (Å²) in [6.07, 6.45) is 8.26. The number of rotatable bonds is 4. The van der Waals surface area contributed by atoms with E-state index in [0.29, 0.717) is 21.3 Å². The summed E-state index contributed by atoms with van der Waals surface area (Å²) in [5, 5.41) is 9.64. The molecule has 8 heteroatoms. The maximum absolute atomic E-state index is 13.2. The van der Waals surface area contributed by atoms with Gasteiger partial charge in [-0.05, 0) is 51.2 Å². The lowest BCUT2D eigenvalue weighted by Gasteiger charge is -2.26. The van der Waals surface area contributed by atoms with Crippen LogP contribution in [-0.2, 0) is 11.3 Å². The number of hydrogen-bond donors (Lipinski definition) is 0. The summed E-state index contributed by atoms with van der Waals surface area (Å²) < 4.78 is 2.29. The van der Waals surface area contributed by atoms with Crippen molar-refractivity contribution < 1.29 is 4.79 Å². The molecule has 3 fully saturated rings. The van der Waals surface area contributed by atoms with Gasteiger partial charge < -0.3 is 4.90 Å². The number of thiocarbonyl (C=S) groups is 1. The number of aromatic nitrogens is 1. The fourth-order valence-electron chi connectivity index (χ4n) is 4.80. The van der Waals surface area contributed by atoms with Gasteiger partial charge in [0.2, 0.25) is 0 Å². The van der Waals surface area contributed by atoms with Crippen molar-refractivity contribution in [2.24, 2.45) is 0 Å². The molecular weight excluding hydrogens is 416 g/mol. The molecule has 3 heterocycles. The van der Waals surface area contributed by atoms with E-state index in [1.54, 1.807) is 9.47 Å². The quantitative estimate of drug-likeness (QED) is 0.522. The maximum Gasteiger partial charge on any atom is 0.270 e. The van der Waals surface area contributed by atoms with E-state index in [-0.39, 0.29) is 23.1 Å². The Morgan fingerprint density at radius 1 is 1.20 bits per heavy atom. The Kier molecular flexibility index (Phi) is 6.03. The van der Waals surface area contributed by atoms with Gasteiger partial charge in [-0.3, -0.25) is 19.1 Å². The van der Waals surface area contributed by atoms with Crippen molar-refractivity contribution in [3.8, 4) is 6.07 Å². The number of carbonyl (C=O) groups is 1. The molecule has 2 aliphatic heterocycles. The van der Waals surface area contributed by atoms with Crippen LogP contribution in [0.2, 0.25) is 0 Å². The molecule has 30 heavy (non-hydrogen) atoms. The van der Waals surface area contributed by atoms with E-state index in [0.717, 1.165) is 63.0 Å². The first-order valence-electron chi connectivity index (χ1n) is 10.7. The molecule has 158 valence electrons. The number of pyridine rings is 1. The highest BCUT2D eigenvalue weighted by Gasteiger charge is 2.38. The first-order valence-corrected chi connectivity index (χ1v) is 11.9. The summed E-state index contributed by atoms with van der Waals surface area (Å²) >= 11 is 6.88. The lowest BCUT2D eigenvalue weighted by molar-refractivity contribution is -0.123. The van der Waals surface area contributed by atoms with Crippen molar-refractivity contribution in [2.45, 2.75) is 65.0 Å². The summed E-state index contributed by atoms with van der Waals surface area (Å²) in [7, 11) is 0. The topological polar surface area (TPSA) is 69.3 Å². The van der Waals surface area contributed by atoms with Gasteiger partial charge in [0, 0.05) is 31.2 Å². The zero-order chi connectivity index (χ0) is 21.4. The van der Waals surface area contributed by atoms with Crippen LogP contribution in [0.1, 0.15) is 62.1 Å². The van der Waals surface area contributed by atoms with E-state index >= 15 is 0 Å². The van der Waals surface area contributed by atoms with Crippen molar-refractivity contribution in [3.63, 3.8) is 0 Å². The molecule has 4 rings (SSSR count). The predicted octanol–water partition coefficient (Wildman–Crippen LogP) is 3.79. The van der Waals surface area contributed by atoms with Gasteiger partial charge in [-0.1, -0.05) is 36.8 Å². The minimum absolute atomic E-state index is 0.0450. The molecule has 0 atom stereocenters. The fourth-order valence-corrected chi connectivity index (χ4v) is 6.18. The van der Waals surface area contributed by atoms with Crippen molar-refractivity contribution >= 4 is 46.1 Å². The zero-order valence-electron chi connectivity index (χ0n) is 17.4. The predicted molar refractivity (Wildman–Crippen MR) is 125 cm³/mol. The van der Waals surface area contributed by atoms with E-state index in [1.807, 2.05) is 19.9 Å². The van der Waals surface area contributed by atoms with Crippen LogP contribution in [0.15, 0.2) is 9.70 Å². The Morgan fingerprint density at radius 3 is 2.47 bits per heavy atom. The number of amides is 1. The van der Waals surface area contributed by atoms with Gasteiger partial charge in [-0.25, -0.2) is 0 Å². The number of nitrogens with zero attached hydrogens (tertiary/aromatic N) is 4. The molecular formula is C22H26N4O2S2. The average Bonchev–Trinajstić information content (AvgIpc) is 3.47. The van der Waals surface area contributed by atoms with Crippen LogP contribution >= 0.6 is 24.0 Å². The van der Waals surface area contributed by atoms with Gasteiger partial charge >= 0.3 is 0 Å². The molecule has 0 N–H and O–H groups in total. The Labute approximate surface area is 186 Å². The molecule has 2 saturated heterocycles. The van der Waals surface area contributed by atoms with Crippen molar-refractivity contribution in [2.75, 3.05) is 18.0 Å². The van der Waals surface area contributed by atoms with E-state index in [4.69, 9.17) is 12.2 Å². The lowest BCUT2D eigenvalue weighted by Crippen LogP contribution is -2.36. The monoisotopic (exact) mass is 442 g/mol. The van der Waals surface area contributed by atoms with Crippen LogP contribution in [0.4, 0.5) is 5.82 Å². The van der Waals surface area contributed by atoms with Gasteiger partial charge in [0.1, 0.15) is 21.8 Å². The molecule has 1 amide bonds. The van der Waals surface area contributed by atoms with E-state index in [9.17, 15) is 14.9 Å². The molecule has 0 radical (unpaired) electrons. The molecule has 0 spiro atoms. The van der Waals surface area contributed by atoms with Crippen LogP contribution in [0.3, 0.4) is 0 Å². The molecule has 1 saturated carbocycles. The van der Waals surface area contributed by atoms with Gasteiger partial charge in [0.25, 0.3) is 11.5 Å². The van der Waals surface area contributed by atoms with Crippen LogP contribution in [0.25, 0.3) is 6.08 Å². The van der Waals surface area contributed by atoms with Gasteiger partial charge in [-0.15, -0.1) is 0 Å². The normalized spacial score (nSPS) is 21.3. The molecule has 6 nitrogen and oxygen atoms in total. The Hall–Kier alpha value is -2.11. The Morgan fingerprint density at radius 2 is 1.87 bits per heavy atom.